The number of unbranched alkanes of at least 4 members (excludes halogenated alkanes) is 1. The molecule has 6 heteroatoms. The molecule has 0 N–H and O–H groups in total. The highest BCUT2D eigenvalue weighted by Gasteiger charge is 2.17. The molecule has 1 aromatic carbocycles. The van der Waals surface area contributed by atoms with Gasteiger partial charge in [0.2, 0.25) is 10.0 Å². The molecule has 0 aliphatic carbocycles. The molecule has 1 aromatic rings. The normalized spacial score (nSPS) is 11.5. The van der Waals surface area contributed by atoms with E-state index in [0.717, 1.165) is 0 Å². The quantitative estimate of drug-likeness (QED) is 0.593. The Kier molecular flexibility index (Phi) is 5.21. The van der Waals surface area contributed by atoms with Gasteiger partial charge in [-0.05, 0) is 37.1 Å². The van der Waals surface area contributed by atoms with Crippen molar-refractivity contribution in [1.29, 1.82) is 0 Å². The Bertz CT molecular complexity index is 447. The number of sulfonamides is 1. The van der Waals surface area contributed by atoms with E-state index >= 15 is 0 Å². The van der Waals surface area contributed by atoms with E-state index in [1.54, 1.807) is 0 Å². The van der Waals surface area contributed by atoms with Crippen molar-refractivity contribution in [3.8, 4) is 0 Å². The summed E-state index contributed by atoms with van der Waals surface area (Å²) in [6.45, 7) is 0. The molecule has 1 rings (SSSR count). The van der Waals surface area contributed by atoms with Gasteiger partial charge < -0.3 is 0 Å². The van der Waals surface area contributed by atoms with Gasteiger partial charge in [-0.2, -0.15) is 0 Å². The van der Waals surface area contributed by atoms with E-state index in [-0.39, 0.29) is 11.6 Å². The Morgan fingerprint density at radius 2 is 1.82 bits per heavy atom. The summed E-state index contributed by atoms with van der Waals surface area (Å²) < 4.78 is 37.6. The molecule has 0 heterocycles. The van der Waals surface area contributed by atoms with Gasteiger partial charge in [0.15, 0.2) is 0 Å². The van der Waals surface area contributed by atoms with Gasteiger partial charge in [0.05, 0.1) is 11.4 Å². The molecular weight excluding hydrogens is 265 g/mol. The van der Waals surface area contributed by atoms with E-state index in [0.29, 0.717) is 24.4 Å². The number of hydrogen-bond acceptors (Lipinski definition) is 2. The maximum absolute atomic E-state index is 12.7. The van der Waals surface area contributed by atoms with Gasteiger partial charge >= 0.3 is 0 Å². The average Bonchev–Trinajstić information content (AvgIpc) is 2.29. The molecule has 0 aromatic heterocycles. The molecule has 0 saturated heterocycles. The minimum atomic E-state index is -3.35. The van der Waals surface area contributed by atoms with Crippen molar-refractivity contribution < 1.29 is 12.8 Å². The number of anilines is 1. The minimum absolute atomic E-state index is 0.0492. The van der Waals surface area contributed by atoms with Crippen LogP contribution >= 0.6 is 11.6 Å². The van der Waals surface area contributed by atoms with Crippen molar-refractivity contribution in [2.75, 3.05) is 23.0 Å². The fraction of sp³-hybridized carbons (Fsp3) is 0.455. The molecule has 0 saturated carbocycles. The van der Waals surface area contributed by atoms with Crippen molar-refractivity contribution >= 4 is 27.3 Å². The Hall–Kier alpha value is -0.810. The molecule has 3 nitrogen and oxygen atoms in total. The van der Waals surface area contributed by atoms with Crippen LogP contribution in [0.25, 0.3) is 0 Å². The third-order valence-electron chi connectivity index (χ3n) is 2.39. The first-order valence-electron chi connectivity index (χ1n) is 5.25. The summed E-state index contributed by atoms with van der Waals surface area (Å²) >= 11 is 5.49. The SMILES string of the molecule is CN(c1ccc(F)cc1)S(=O)(=O)CCCCCl. The zero-order valence-corrected chi connectivity index (χ0v) is 11.1. The van der Waals surface area contributed by atoms with Gasteiger partial charge in [-0.25, -0.2) is 12.8 Å². The summed E-state index contributed by atoms with van der Waals surface area (Å²) in [5.41, 5.74) is 0.456. The monoisotopic (exact) mass is 279 g/mol. The highest BCUT2D eigenvalue weighted by atomic mass is 35.5. The third kappa shape index (κ3) is 4.16. The molecule has 96 valence electrons. The second-order valence-corrected chi connectivity index (χ2v) is 6.15. The Morgan fingerprint density at radius 3 is 2.35 bits per heavy atom. The predicted octanol–water partition coefficient (Wildman–Crippen LogP) is 2.61. The van der Waals surface area contributed by atoms with E-state index in [2.05, 4.69) is 0 Å². The van der Waals surface area contributed by atoms with E-state index < -0.39 is 10.0 Å². The Labute approximate surface area is 106 Å². The molecule has 0 atom stereocenters. The van der Waals surface area contributed by atoms with E-state index in [1.807, 2.05) is 0 Å². The molecule has 0 bridgehead atoms. The van der Waals surface area contributed by atoms with Crippen molar-refractivity contribution in [2.24, 2.45) is 0 Å². The summed E-state index contributed by atoms with van der Waals surface area (Å²) in [5.74, 6) is 0.116. The summed E-state index contributed by atoms with van der Waals surface area (Å²) in [6.07, 6.45) is 1.19. The van der Waals surface area contributed by atoms with Crippen LogP contribution in [-0.2, 0) is 10.0 Å². The van der Waals surface area contributed by atoms with Crippen molar-refractivity contribution in [1.82, 2.24) is 0 Å². The lowest BCUT2D eigenvalue weighted by Gasteiger charge is -2.19. The summed E-state index contributed by atoms with van der Waals surface area (Å²) in [6, 6.07) is 5.35. The van der Waals surface area contributed by atoms with Crippen molar-refractivity contribution in [3.63, 3.8) is 0 Å². The van der Waals surface area contributed by atoms with E-state index in [4.69, 9.17) is 11.6 Å². The Morgan fingerprint density at radius 1 is 1.24 bits per heavy atom. The molecule has 0 fully saturated rings. The number of halogens is 2. The highest BCUT2D eigenvalue weighted by molar-refractivity contribution is 7.92. The first-order chi connectivity index (χ1) is 7.97. The lowest BCUT2D eigenvalue weighted by Crippen LogP contribution is -2.29. The number of benzene rings is 1. The van der Waals surface area contributed by atoms with Crippen molar-refractivity contribution in [2.45, 2.75) is 12.8 Å². The van der Waals surface area contributed by atoms with Crippen LogP contribution < -0.4 is 4.31 Å². The smallest absolute Gasteiger partial charge is 0.234 e. The van der Waals surface area contributed by atoms with Crippen molar-refractivity contribution in [3.05, 3.63) is 30.1 Å². The standard InChI is InChI=1S/C11H15ClFNO2S/c1-14(11-6-4-10(13)5-7-11)17(15,16)9-3-2-8-12/h4-7H,2-3,8-9H2,1H3. The number of nitrogens with zero attached hydrogens (tertiary/aromatic N) is 1. The fourth-order valence-corrected chi connectivity index (χ4v) is 2.80. The average molecular weight is 280 g/mol. The number of hydrogen-bond donors (Lipinski definition) is 0. The van der Waals surface area contributed by atoms with E-state index in [1.165, 1.54) is 35.6 Å². The summed E-state index contributed by atoms with van der Waals surface area (Å²) in [5, 5.41) is 0. The molecule has 0 aliphatic rings. The van der Waals surface area contributed by atoms with Crippen LogP contribution in [0, 0.1) is 5.82 Å². The first kappa shape index (κ1) is 14.3. The Balaban J connectivity index is 2.74. The second-order valence-electron chi connectivity index (χ2n) is 3.66. The van der Waals surface area contributed by atoms with Crippen LogP contribution in [0.4, 0.5) is 10.1 Å². The molecule has 0 amide bonds. The highest BCUT2D eigenvalue weighted by Crippen LogP contribution is 2.17. The molecule has 0 unspecified atom stereocenters. The molecule has 0 radical (unpaired) electrons. The zero-order chi connectivity index (χ0) is 12.9. The van der Waals surface area contributed by atoms with Crippen LogP contribution in [0.15, 0.2) is 24.3 Å². The van der Waals surface area contributed by atoms with Crippen LogP contribution in [0.5, 0.6) is 0 Å². The van der Waals surface area contributed by atoms with Gasteiger partial charge in [-0.3, -0.25) is 4.31 Å². The first-order valence-corrected chi connectivity index (χ1v) is 7.40. The van der Waals surface area contributed by atoms with Crippen LogP contribution in [-0.4, -0.2) is 27.1 Å². The van der Waals surface area contributed by atoms with Gasteiger partial charge in [0.25, 0.3) is 0 Å². The van der Waals surface area contributed by atoms with Crippen LogP contribution in [0.1, 0.15) is 12.8 Å². The second kappa shape index (κ2) is 6.21. The van der Waals surface area contributed by atoms with Gasteiger partial charge in [0, 0.05) is 12.9 Å². The third-order valence-corrected chi connectivity index (χ3v) is 4.51. The summed E-state index contributed by atoms with van der Waals surface area (Å²) in [4.78, 5) is 0. The maximum atomic E-state index is 12.7. The minimum Gasteiger partial charge on any atom is -0.273 e. The van der Waals surface area contributed by atoms with Gasteiger partial charge in [0.1, 0.15) is 5.82 Å². The summed E-state index contributed by atoms with van der Waals surface area (Å²) in [7, 11) is -1.88. The number of alkyl halides is 1. The number of rotatable bonds is 6. The van der Waals surface area contributed by atoms with Crippen LogP contribution in [0.2, 0.25) is 0 Å². The molecule has 17 heavy (non-hydrogen) atoms. The largest absolute Gasteiger partial charge is 0.273 e. The van der Waals surface area contributed by atoms with E-state index in [9.17, 15) is 12.8 Å². The lowest BCUT2D eigenvalue weighted by atomic mass is 10.3. The molecular formula is C11H15ClFNO2S. The lowest BCUT2D eigenvalue weighted by molar-refractivity contribution is 0.591. The maximum Gasteiger partial charge on any atom is 0.234 e. The molecule has 0 aliphatic heterocycles. The topological polar surface area (TPSA) is 37.4 Å². The predicted molar refractivity (Wildman–Crippen MR) is 68.5 cm³/mol. The van der Waals surface area contributed by atoms with Gasteiger partial charge in [-0.15, -0.1) is 11.6 Å². The molecule has 0 spiro atoms. The fourth-order valence-electron chi connectivity index (χ4n) is 1.33. The van der Waals surface area contributed by atoms with Gasteiger partial charge in [-0.1, -0.05) is 0 Å². The zero-order valence-electron chi connectivity index (χ0n) is 9.57. The van der Waals surface area contributed by atoms with Crippen LogP contribution in [0.3, 0.4) is 0 Å².